The van der Waals surface area contributed by atoms with Crippen LogP contribution in [0.1, 0.15) is 36.0 Å². The molecule has 0 unspecified atom stereocenters. The minimum atomic E-state index is -0.0539. The van der Waals surface area contributed by atoms with Gasteiger partial charge in [0.1, 0.15) is 0 Å². The van der Waals surface area contributed by atoms with Gasteiger partial charge in [0.2, 0.25) is 5.91 Å². The Morgan fingerprint density at radius 2 is 2.22 bits per heavy atom. The normalized spacial score (nSPS) is 13.9. The van der Waals surface area contributed by atoms with E-state index in [-0.39, 0.29) is 11.5 Å². The number of amides is 1. The summed E-state index contributed by atoms with van der Waals surface area (Å²) in [6.45, 7) is 5.72. The van der Waals surface area contributed by atoms with Crippen LogP contribution in [0.3, 0.4) is 0 Å². The second kappa shape index (κ2) is 6.40. The van der Waals surface area contributed by atoms with Gasteiger partial charge in [0.25, 0.3) is 5.56 Å². The highest BCUT2D eigenvalue weighted by Gasteiger charge is 2.24. The van der Waals surface area contributed by atoms with Crippen molar-refractivity contribution in [2.24, 2.45) is 0 Å². The molecule has 6 nitrogen and oxygen atoms in total. The summed E-state index contributed by atoms with van der Waals surface area (Å²) in [6, 6.07) is 5.16. The van der Waals surface area contributed by atoms with E-state index in [0.29, 0.717) is 26.1 Å². The largest absolute Gasteiger partial charge is 0.338 e. The van der Waals surface area contributed by atoms with E-state index in [1.165, 1.54) is 11.6 Å². The number of aromatic amines is 1. The monoisotopic (exact) mass is 314 g/mol. The molecule has 0 spiro atoms. The molecule has 3 rings (SSSR count). The maximum atomic E-state index is 12.5. The van der Waals surface area contributed by atoms with Gasteiger partial charge >= 0.3 is 0 Å². The number of aryl methyl sites for hydroxylation is 2. The van der Waals surface area contributed by atoms with Gasteiger partial charge in [0.15, 0.2) is 0 Å². The van der Waals surface area contributed by atoms with Gasteiger partial charge in [0, 0.05) is 55.5 Å². The number of hydrogen-bond acceptors (Lipinski definition) is 3. The highest BCUT2D eigenvalue weighted by Crippen LogP contribution is 2.21. The van der Waals surface area contributed by atoms with Crippen LogP contribution in [-0.4, -0.2) is 32.1 Å². The quantitative estimate of drug-likeness (QED) is 0.928. The number of pyridine rings is 1. The average molecular weight is 314 g/mol. The van der Waals surface area contributed by atoms with Crippen molar-refractivity contribution in [2.45, 2.75) is 46.2 Å². The molecule has 1 aliphatic heterocycles. The van der Waals surface area contributed by atoms with Gasteiger partial charge in [-0.25, -0.2) is 0 Å². The maximum Gasteiger partial charge on any atom is 0.250 e. The molecule has 0 aromatic carbocycles. The van der Waals surface area contributed by atoms with E-state index in [0.717, 1.165) is 29.9 Å². The predicted octanol–water partition coefficient (Wildman–Crippen LogP) is 1.42. The first kappa shape index (κ1) is 15.5. The summed E-state index contributed by atoms with van der Waals surface area (Å²) in [6.07, 6.45) is 2.03. The first-order chi connectivity index (χ1) is 11.1. The molecule has 1 amide bonds. The summed E-state index contributed by atoms with van der Waals surface area (Å²) in [5.74, 6) is 0.0917. The summed E-state index contributed by atoms with van der Waals surface area (Å²) in [5.41, 5.74) is 4.20. The molecule has 23 heavy (non-hydrogen) atoms. The van der Waals surface area contributed by atoms with E-state index in [2.05, 4.69) is 17.1 Å². The van der Waals surface area contributed by atoms with Gasteiger partial charge in [-0.2, -0.15) is 5.10 Å². The van der Waals surface area contributed by atoms with Crippen molar-refractivity contribution < 1.29 is 4.79 Å². The lowest BCUT2D eigenvalue weighted by molar-refractivity contribution is -0.132. The molecule has 122 valence electrons. The molecule has 0 fully saturated rings. The first-order valence-electron chi connectivity index (χ1n) is 8.09. The van der Waals surface area contributed by atoms with Crippen LogP contribution in [-0.2, 0) is 30.7 Å². The van der Waals surface area contributed by atoms with Crippen molar-refractivity contribution in [3.05, 3.63) is 51.2 Å². The Balaban J connectivity index is 1.67. The van der Waals surface area contributed by atoms with Crippen molar-refractivity contribution in [2.75, 3.05) is 6.54 Å². The van der Waals surface area contributed by atoms with Gasteiger partial charge in [-0.3, -0.25) is 14.7 Å². The van der Waals surface area contributed by atoms with Crippen LogP contribution in [0.25, 0.3) is 0 Å². The molecule has 1 N–H and O–H groups in total. The SMILES string of the molecule is CCc1n[nH]c2c1CN(C(=O)CCn1c(C)cccc1=O)CC2. The first-order valence-corrected chi connectivity index (χ1v) is 8.09. The van der Waals surface area contributed by atoms with Gasteiger partial charge < -0.3 is 9.47 Å². The number of nitrogens with one attached hydrogen (secondary N) is 1. The van der Waals surface area contributed by atoms with E-state index in [1.54, 1.807) is 10.6 Å². The van der Waals surface area contributed by atoms with E-state index < -0.39 is 0 Å². The molecule has 0 bridgehead atoms. The third-order valence-corrected chi connectivity index (χ3v) is 4.52. The van der Waals surface area contributed by atoms with Gasteiger partial charge in [-0.05, 0) is 19.4 Å². The van der Waals surface area contributed by atoms with Gasteiger partial charge in [-0.1, -0.05) is 13.0 Å². The lowest BCUT2D eigenvalue weighted by Crippen LogP contribution is -2.37. The molecule has 0 atom stereocenters. The van der Waals surface area contributed by atoms with Gasteiger partial charge in [0.05, 0.1) is 5.69 Å². The number of carbonyl (C=O) groups excluding carboxylic acids is 1. The van der Waals surface area contributed by atoms with E-state index >= 15 is 0 Å². The summed E-state index contributed by atoms with van der Waals surface area (Å²) in [5, 5.41) is 7.39. The number of fused-ring (bicyclic) bond motifs is 1. The van der Waals surface area contributed by atoms with Crippen molar-refractivity contribution in [3.8, 4) is 0 Å². The predicted molar refractivity (Wildman–Crippen MR) is 87.1 cm³/mol. The Morgan fingerprint density at radius 3 is 2.96 bits per heavy atom. The molecular weight excluding hydrogens is 292 g/mol. The summed E-state index contributed by atoms with van der Waals surface area (Å²) in [7, 11) is 0. The number of aromatic nitrogens is 3. The number of H-pyrrole nitrogens is 1. The van der Waals surface area contributed by atoms with E-state index in [1.807, 2.05) is 17.9 Å². The molecule has 0 saturated heterocycles. The number of hydrogen-bond donors (Lipinski definition) is 1. The fraction of sp³-hybridized carbons (Fsp3) is 0.471. The molecule has 6 heteroatoms. The second-order valence-corrected chi connectivity index (χ2v) is 5.95. The third-order valence-electron chi connectivity index (χ3n) is 4.52. The minimum absolute atomic E-state index is 0.0539. The fourth-order valence-electron chi connectivity index (χ4n) is 3.14. The second-order valence-electron chi connectivity index (χ2n) is 5.95. The minimum Gasteiger partial charge on any atom is -0.338 e. The fourth-order valence-corrected chi connectivity index (χ4v) is 3.14. The van der Waals surface area contributed by atoms with Crippen LogP contribution in [0.15, 0.2) is 23.0 Å². The molecule has 2 aromatic rings. The Hall–Kier alpha value is -2.37. The zero-order chi connectivity index (χ0) is 16.4. The zero-order valence-electron chi connectivity index (χ0n) is 13.6. The summed E-state index contributed by atoms with van der Waals surface area (Å²) < 4.78 is 1.66. The smallest absolute Gasteiger partial charge is 0.250 e. The van der Waals surface area contributed by atoms with Crippen LogP contribution in [0, 0.1) is 6.92 Å². The van der Waals surface area contributed by atoms with Gasteiger partial charge in [-0.15, -0.1) is 0 Å². The Morgan fingerprint density at radius 1 is 1.39 bits per heavy atom. The van der Waals surface area contributed by atoms with Crippen molar-refractivity contribution in [3.63, 3.8) is 0 Å². The average Bonchev–Trinajstić information content (AvgIpc) is 2.96. The standard InChI is InChI=1S/C17H22N4O2/c1-3-14-13-11-20(9-7-15(13)19-18-14)16(22)8-10-21-12(2)5-4-6-17(21)23/h4-6H,3,7-11H2,1-2H3,(H,18,19). The Labute approximate surface area is 135 Å². The molecule has 0 radical (unpaired) electrons. The zero-order valence-corrected chi connectivity index (χ0v) is 13.6. The van der Waals surface area contributed by atoms with Crippen LogP contribution in [0.4, 0.5) is 0 Å². The summed E-state index contributed by atoms with van der Waals surface area (Å²) >= 11 is 0. The van der Waals surface area contributed by atoms with Crippen molar-refractivity contribution >= 4 is 5.91 Å². The van der Waals surface area contributed by atoms with Crippen LogP contribution in [0.5, 0.6) is 0 Å². The molecule has 1 aliphatic rings. The molecule has 0 aliphatic carbocycles. The number of carbonyl (C=O) groups is 1. The molecular formula is C17H22N4O2. The van der Waals surface area contributed by atoms with Crippen LogP contribution < -0.4 is 5.56 Å². The van der Waals surface area contributed by atoms with Crippen LogP contribution in [0.2, 0.25) is 0 Å². The Kier molecular flexibility index (Phi) is 4.32. The van der Waals surface area contributed by atoms with Crippen molar-refractivity contribution in [1.29, 1.82) is 0 Å². The third kappa shape index (κ3) is 3.06. The number of nitrogens with zero attached hydrogens (tertiary/aromatic N) is 3. The highest BCUT2D eigenvalue weighted by molar-refractivity contribution is 5.76. The molecule has 0 saturated carbocycles. The molecule has 3 heterocycles. The van der Waals surface area contributed by atoms with E-state index in [4.69, 9.17) is 0 Å². The maximum absolute atomic E-state index is 12.5. The topological polar surface area (TPSA) is 71.0 Å². The molecule has 2 aromatic heterocycles. The number of rotatable bonds is 4. The lowest BCUT2D eigenvalue weighted by atomic mass is 10.0. The van der Waals surface area contributed by atoms with Crippen molar-refractivity contribution in [1.82, 2.24) is 19.7 Å². The Bertz CT molecular complexity index is 762. The van der Waals surface area contributed by atoms with E-state index in [9.17, 15) is 9.59 Å². The van der Waals surface area contributed by atoms with Crippen LogP contribution >= 0.6 is 0 Å². The summed E-state index contributed by atoms with van der Waals surface area (Å²) in [4.78, 5) is 26.2. The lowest BCUT2D eigenvalue weighted by Gasteiger charge is -2.27. The highest BCUT2D eigenvalue weighted by atomic mass is 16.2.